The molecule has 1 aliphatic rings. The van der Waals surface area contributed by atoms with Gasteiger partial charge in [-0.15, -0.1) is 0 Å². The van der Waals surface area contributed by atoms with Gasteiger partial charge in [0.15, 0.2) is 0 Å². The summed E-state index contributed by atoms with van der Waals surface area (Å²) in [7, 11) is 0. The van der Waals surface area contributed by atoms with Crippen LogP contribution in [0.25, 0.3) is 0 Å². The van der Waals surface area contributed by atoms with Gasteiger partial charge >= 0.3 is 0 Å². The first-order chi connectivity index (χ1) is 5.29. The summed E-state index contributed by atoms with van der Waals surface area (Å²) in [5.74, 6) is 1.32. The van der Waals surface area contributed by atoms with Gasteiger partial charge in [-0.1, -0.05) is 5.10 Å². The Bertz CT molecular complexity index is 330. The van der Waals surface area contributed by atoms with E-state index in [0.29, 0.717) is 5.82 Å². The zero-order chi connectivity index (χ0) is 7.84. The number of nitrogens with two attached hydrogens (primary N) is 2. The molecule has 0 aliphatic carbocycles. The third-order valence-electron chi connectivity index (χ3n) is 1.65. The van der Waals surface area contributed by atoms with Crippen molar-refractivity contribution in [3.05, 3.63) is 11.9 Å². The summed E-state index contributed by atoms with van der Waals surface area (Å²) in [5, 5.41) is 4.07. The zero-order valence-electron chi connectivity index (χ0n) is 6.07. The Morgan fingerprint density at radius 1 is 1.45 bits per heavy atom. The van der Waals surface area contributed by atoms with Gasteiger partial charge in [-0.25, -0.2) is 4.98 Å². The summed E-state index contributed by atoms with van der Waals surface area (Å²) in [6, 6.07) is 0. The Morgan fingerprint density at radius 3 is 3.00 bits per heavy atom. The lowest BCUT2D eigenvalue weighted by Crippen LogP contribution is -2.70. The molecule has 56 valence electrons. The Balaban J connectivity index is 2.67. The Hall–Kier alpha value is -1.49. The predicted molar refractivity (Wildman–Crippen MR) is 40.2 cm³/mol. The predicted octanol–water partition coefficient (Wildman–Crippen LogP) is -1.01. The maximum atomic E-state index is 5.61. The van der Waals surface area contributed by atoms with Crippen LogP contribution in [0.15, 0.2) is 11.4 Å². The molecule has 1 aromatic rings. The van der Waals surface area contributed by atoms with Crippen LogP contribution in [0.1, 0.15) is 12.5 Å². The van der Waals surface area contributed by atoms with Crippen molar-refractivity contribution in [1.29, 1.82) is 0 Å². The second-order valence-electron chi connectivity index (χ2n) is 2.36. The molecule has 0 saturated carbocycles. The first-order valence-corrected chi connectivity index (χ1v) is 3.27. The molecule has 2 heterocycles. The highest BCUT2D eigenvalue weighted by Crippen LogP contribution is 2.16. The SMILES string of the molecule is CC1=N[NH2+]c2ncnc(N)c21. The van der Waals surface area contributed by atoms with E-state index in [9.17, 15) is 0 Å². The molecule has 5 heteroatoms. The van der Waals surface area contributed by atoms with Gasteiger partial charge in [0.2, 0.25) is 0 Å². The van der Waals surface area contributed by atoms with E-state index in [1.807, 2.05) is 6.92 Å². The molecule has 0 aromatic carbocycles. The minimum atomic E-state index is 0.505. The van der Waals surface area contributed by atoms with E-state index in [1.165, 1.54) is 6.33 Å². The maximum Gasteiger partial charge on any atom is 0.265 e. The minimum Gasteiger partial charge on any atom is -0.383 e. The summed E-state index contributed by atoms with van der Waals surface area (Å²) >= 11 is 0. The molecule has 2 rings (SSSR count). The van der Waals surface area contributed by atoms with Crippen LogP contribution in [0.3, 0.4) is 0 Å². The van der Waals surface area contributed by atoms with Gasteiger partial charge in [0.25, 0.3) is 5.82 Å². The monoisotopic (exact) mass is 150 g/mol. The highest BCUT2D eigenvalue weighted by molar-refractivity contribution is 6.05. The van der Waals surface area contributed by atoms with Crippen LogP contribution < -0.4 is 11.2 Å². The average molecular weight is 150 g/mol. The van der Waals surface area contributed by atoms with E-state index in [4.69, 9.17) is 5.73 Å². The number of rotatable bonds is 0. The van der Waals surface area contributed by atoms with Crippen molar-refractivity contribution in [2.75, 3.05) is 5.73 Å². The van der Waals surface area contributed by atoms with Gasteiger partial charge < -0.3 is 5.73 Å². The third-order valence-corrected chi connectivity index (χ3v) is 1.65. The molecule has 0 spiro atoms. The normalized spacial score (nSPS) is 14.5. The summed E-state index contributed by atoms with van der Waals surface area (Å²) in [6.07, 6.45) is 1.44. The van der Waals surface area contributed by atoms with Gasteiger partial charge in [-0.2, -0.15) is 10.4 Å². The standard InChI is InChI=1S/C6H7N5/c1-3-4-5(7)8-2-9-6(4)11-10-3/h2H,1H3,(H3,7,8,9,10,11)/p+1. The minimum absolute atomic E-state index is 0.505. The molecule has 0 amide bonds. The lowest BCUT2D eigenvalue weighted by Gasteiger charge is -1.95. The molecular formula is C6H8N5+. The van der Waals surface area contributed by atoms with Crippen molar-refractivity contribution in [1.82, 2.24) is 9.97 Å². The van der Waals surface area contributed by atoms with Crippen LogP contribution in [-0.2, 0) is 0 Å². The number of nitrogen functional groups attached to an aromatic ring is 1. The second-order valence-corrected chi connectivity index (χ2v) is 2.36. The molecule has 11 heavy (non-hydrogen) atoms. The summed E-state index contributed by atoms with van der Waals surface area (Å²) < 4.78 is 0. The number of hydrogen-bond acceptors (Lipinski definition) is 4. The molecule has 0 bridgehead atoms. The van der Waals surface area contributed by atoms with Gasteiger partial charge in [-0.05, 0) is 6.92 Å². The molecular weight excluding hydrogens is 142 g/mol. The first kappa shape index (κ1) is 6.23. The first-order valence-electron chi connectivity index (χ1n) is 3.27. The number of anilines is 1. The van der Waals surface area contributed by atoms with Crippen LogP contribution in [0.4, 0.5) is 11.6 Å². The smallest absolute Gasteiger partial charge is 0.265 e. The fourth-order valence-electron chi connectivity index (χ4n) is 1.10. The van der Waals surface area contributed by atoms with E-state index < -0.39 is 0 Å². The molecule has 1 aromatic heterocycles. The summed E-state index contributed by atoms with van der Waals surface area (Å²) in [4.78, 5) is 7.88. The third kappa shape index (κ3) is 0.779. The average Bonchev–Trinajstić information content (AvgIpc) is 2.34. The molecule has 0 unspecified atom stereocenters. The largest absolute Gasteiger partial charge is 0.383 e. The number of aromatic nitrogens is 2. The topological polar surface area (TPSA) is 80.8 Å². The van der Waals surface area contributed by atoms with Crippen molar-refractivity contribution in [3.8, 4) is 0 Å². The van der Waals surface area contributed by atoms with E-state index in [1.54, 1.807) is 5.43 Å². The molecule has 5 nitrogen and oxygen atoms in total. The van der Waals surface area contributed by atoms with Crippen molar-refractivity contribution in [3.63, 3.8) is 0 Å². The van der Waals surface area contributed by atoms with Crippen molar-refractivity contribution in [2.45, 2.75) is 6.92 Å². The van der Waals surface area contributed by atoms with Crippen LogP contribution in [0.2, 0.25) is 0 Å². The van der Waals surface area contributed by atoms with Gasteiger partial charge in [0.1, 0.15) is 23.4 Å². The lowest BCUT2D eigenvalue weighted by atomic mass is 10.2. The van der Waals surface area contributed by atoms with Crippen LogP contribution in [0, 0.1) is 0 Å². The quantitative estimate of drug-likeness (QED) is 0.465. The zero-order valence-corrected chi connectivity index (χ0v) is 6.07. The van der Waals surface area contributed by atoms with Gasteiger partial charge in [0, 0.05) is 0 Å². The van der Waals surface area contributed by atoms with Crippen molar-refractivity contribution in [2.24, 2.45) is 5.10 Å². The second kappa shape index (κ2) is 2.00. The molecule has 1 aliphatic heterocycles. The van der Waals surface area contributed by atoms with Gasteiger partial charge in [-0.3, -0.25) is 0 Å². The Labute approximate surface area is 63.3 Å². The molecule has 4 N–H and O–H groups in total. The number of fused-ring (bicyclic) bond motifs is 1. The van der Waals surface area contributed by atoms with E-state index >= 15 is 0 Å². The summed E-state index contributed by atoms with van der Waals surface area (Å²) in [6.45, 7) is 1.89. The van der Waals surface area contributed by atoms with Crippen molar-refractivity contribution < 1.29 is 5.43 Å². The lowest BCUT2D eigenvalue weighted by molar-refractivity contribution is -0.577. The van der Waals surface area contributed by atoms with E-state index in [0.717, 1.165) is 17.1 Å². The highest BCUT2D eigenvalue weighted by Gasteiger charge is 2.21. The molecule has 0 saturated heterocycles. The van der Waals surface area contributed by atoms with E-state index in [-0.39, 0.29) is 0 Å². The Morgan fingerprint density at radius 2 is 2.27 bits per heavy atom. The van der Waals surface area contributed by atoms with Crippen LogP contribution in [-0.4, -0.2) is 15.7 Å². The van der Waals surface area contributed by atoms with E-state index in [2.05, 4.69) is 15.1 Å². The van der Waals surface area contributed by atoms with Crippen molar-refractivity contribution >= 4 is 17.3 Å². The van der Waals surface area contributed by atoms with Gasteiger partial charge in [0.05, 0.1) is 0 Å². The fraction of sp³-hybridized carbons (Fsp3) is 0.167. The number of hydrogen-bond donors (Lipinski definition) is 2. The maximum absolute atomic E-state index is 5.61. The highest BCUT2D eigenvalue weighted by atomic mass is 15.3. The number of quaternary nitrogens is 1. The molecule has 0 fully saturated rings. The van der Waals surface area contributed by atoms with Crippen LogP contribution in [0.5, 0.6) is 0 Å². The number of nitrogens with zero attached hydrogens (tertiary/aromatic N) is 3. The van der Waals surface area contributed by atoms with Crippen LogP contribution >= 0.6 is 0 Å². The summed E-state index contributed by atoms with van der Waals surface area (Å²) in [5.41, 5.74) is 9.06. The molecule has 0 atom stereocenters. The molecule has 0 radical (unpaired) electrons. The Kier molecular flexibility index (Phi) is 1.13. The fourth-order valence-corrected chi connectivity index (χ4v) is 1.10.